The molecule has 0 aliphatic rings. The normalized spacial score (nSPS) is 11.6. The van der Waals surface area contributed by atoms with Crippen LogP contribution in [0.2, 0.25) is 0 Å². The van der Waals surface area contributed by atoms with E-state index in [0.29, 0.717) is 0 Å². The quantitative estimate of drug-likeness (QED) is 0.859. The lowest BCUT2D eigenvalue weighted by Gasteiger charge is -2.11. The summed E-state index contributed by atoms with van der Waals surface area (Å²) >= 11 is 0. The minimum Gasteiger partial charge on any atom is -0.508 e. The Kier molecular flexibility index (Phi) is 4.80. The third kappa shape index (κ3) is 5.33. The molecule has 1 N–H and O–H groups in total. The molecule has 104 valence electrons. The molecule has 1 rings (SSSR count). The van der Waals surface area contributed by atoms with E-state index in [4.69, 9.17) is 0 Å². The van der Waals surface area contributed by atoms with Gasteiger partial charge in [-0.15, -0.1) is 13.2 Å². The Morgan fingerprint density at radius 1 is 1.42 bits per heavy atom. The van der Waals surface area contributed by atoms with E-state index >= 15 is 0 Å². The highest BCUT2D eigenvalue weighted by molar-refractivity contribution is 5.73. The first-order chi connectivity index (χ1) is 8.81. The second-order valence-electron chi connectivity index (χ2n) is 3.45. The Hall–Kier alpha value is -2.18. The van der Waals surface area contributed by atoms with E-state index in [0.717, 1.165) is 18.2 Å². The molecule has 0 fully saturated rings. The standard InChI is InChI=1S/C12H11F3O4/c1-18-11(17)4-2-3-8-7-9(16)5-6-10(8)19-12(13,14)15/h2-3,5-7,16H,4H2,1H3. The van der Waals surface area contributed by atoms with Crippen LogP contribution >= 0.6 is 0 Å². The number of ether oxygens (including phenoxy) is 2. The lowest BCUT2D eigenvalue weighted by atomic mass is 10.1. The average Bonchev–Trinajstić information content (AvgIpc) is 2.30. The number of aromatic hydroxyl groups is 1. The Morgan fingerprint density at radius 2 is 2.11 bits per heavy atom. The molecule has 0 bridgehead atoms. The summed E-state index contributed by atoms with van der Waals surface area (Å²) in [5.41, 5.74) is 0.00114. The first kappa shape index (κ1) is 14.9. The fraction of sp³-hybridized carbons (Fsp3) is 0.250. The van der Waals surface area contributed by atoms with Crippen LogP contribution in [0.25, 0.3) is 6.08 Å². The first-order valence-electron chi connectivity index (χ1n) is 5.14. The first-order valence-corrected chi connectivity index (χ1v) is 5.14. The number of methoxy groups -OCH3 is 1. The minimum absolute atomic E-state index is 0.00114. The van der Waals surface area contributed by atoms with Crippen molar-refractivity contribution >= 4 is 12.0 Å². The number of carbonyl (C=O) groups is 1. The Bertz CT molecular complexity index is 480. The van der Waals surface area contributed by atoms with E-state index in [9.17, 15) is 23.1 Å². The number of benzene rings is 1. The number of alkyl halides is 3. The summed E-state index contributed by atoms with van der Waals surface area (Å²) in [4.78, 5) is 10.8. The summed E-state index contributed by atoms with van der Waals surface area (Å²) in [6.07, 6.45) is -2.39. The number of hydrogen-bond donors (Lipinski definition) is 1. The molecule has 0 atom stereocenters. The molecule has 1 aromatic carbocycles. The number of carbonyl (C=O) groups excluding carboxylic acids is 1. The second-order valence-corrected chi connectivity index (χ2v) is 3.45. The van der Waals surface area contributed by atoms with Gasteiger partial charge in [-0.2, -0.15) is 0 Å². The van der Waals surface area contributed by atoms with Crippen LogP contribution in [0.4, 0.5) is 13.2 Å². The van der Waals surface area contributed by atoms with Gasteiger partial charge >= 0.3 is 12.3 Å². The van der Waals surface area contributed by atoms with Gasteiger partial charge in [0.2, 0.25) is 0 Å². The van der Waals surface area contributed by atoms with Gasteiger partial charge in [0, 0.05) is 5.56 Å². The SMILES string of the molecule is COC(=O)CC=Cc1cc(O)ccc1OC(F)(F)F. The summed E-state index contributed by atoms with van der Waals surface area (Å²) in [7, 11) is 1.20. The van der Waals surface area contributed by atoms with Crippen molar-refractivity contribution in [3.05, 3.63) is 29.8 Å². The van der Waals surface area contributed by atoms with Crippen molar-refractivity contribution < 1.29 is 32.5 Å². The molecular formula is C12H11F3O4. The van der Waals surface area contributed by atoms with Crippen LogP contribution in [0, 0.1) is 0 Å². The van der Waals surface area contributed by atoms with E-state index in [1.165, 1.54) is 19.3 Å². The lowest BCUT2D eigenvalue weighted by molar-refractivity contribution is -0.274. The van der Waals surface area contributed by atoms with Crippen LogP contribution in [0.1, 0.15) is 12.0 Å². The van der Waals surface area contributed by atoms with Gasteiger partial charge in [0.15, 0.2) is 0 Å². The highest BCUT2D eigenvalue weighted by Gasteiger charge is 2.31. The van der Waals surface area contributed by atoms with Gasteiger partial charge in [0.25, 0.3) is 0 Å². The number of hydrogen-bond acceptors (Lipinski definition) is 4. The zero-order chi connectivity index (χ0) is 14.5. The predicted octanol–water partition coefficient (Wildman–Crippen LogP) is 2.87. The number of rotatable bonds is 4. The van der Waals surface area contributed by atoms with Crippen molar-refractivity contribution in [2.45, 2.75) is 12.8 Å². The van der Waals surface area contributed by atoms with E-state index in [1.54, 1.807) is 0 Å². The van der Waals surface area contributed by atoms with E-state index in [-0.39, 0.29) is 17.7 Å². The smallest absolute Gasteiger partial charge is 0.508 e. The molecule has 0 heterocycles. The van der Waals surface area contributed by atoms with Crippen molar-refractivity contribution in [1.82, 2.24) is 0 Å². The van der Waals surface area contributed by atoms with Crippen molar-refractivity contribution in [3.63, 3.8) is 0 Å². The topological polar surface area (TPSA) is 55.8 Å². The van der Waals surface area contributed by atoms with Crippen LogP contribution in [0.5, 0.6) is 11.5 Å². The average molecular weight is 276 g/mol. The summed E-state index contributed by atoms with van der Waals surface area (Å²) < 4.78 is 44.6. The van der Waals surface area contributed by atoms with Crippen molar-refractivity contribution in [3.8, 4) is 11.5 Å². The highest BCUT2D eigenvalue weighted by atomic mass is 19.4. The van der Waals surface area contributed by atoms with Gasteiger partial charge in [-0.05, 0) is 18.2 Å². The molecule has 0 saturated carbocycles. The number of halogens is 3. The minimum atomic E-state index is -4.83. The Balaban J connectivity index is 2.91. The molecule has 1 aromatic rings. The van der Waals surface area contributed by atoms with Gasteiger partial charge in [0.1, 0.15) is 11.5 Å². The van der Waals surface area contributed by atoms with Crippen LogP contribution in [0.3, 0.4) is 0 Å². The van der Waals surface area contributed by atoms with Crippen LogP contribution < -0.4 is 4.74 Å². The van der Waals surface area contributed by atoms with E-state index < -0.39 is 18.1 Å². The molecule has 0 aliphatic heterocycles. The fourth-order valence-corrected chi connectivity index (χ4v) is 1.25. The largest absolute Gasteiger partial charge is 0.573 e. The molecule has 19 heavy (non-hydrogen) atoms. The maximum absolute atomic E-state index is 12.1. The van der Waals surface area contributed by atoms with E-state index in [2.05, 4.69) is 9.47 Å². The molecule has 0 aliphatic carbocycles. The number of phenols is 1. The number of phenolic OH excluding ortho intramolecular Hbond substituents is 1. The molecular weight excluding hydrogens is 265 g/mol. The second kappa shape index (κ2) is 6.12. The zero-order valence-corrected chi connectivity index (χ0v) is 9.90. The van der Waals surface area contributed by atoms with Crippen molar-refractivity contribution in [2.75, 3.05) is 7.11 Å². The van der Waals surface area contributed by atoms with Crippen LogP contribution in [-0.4, -0.2) is 24.5 Å². The van der Waals surface area contributed by atoms with Gasteiger partial charge in [0.05, 0.1) is 13.5 Å². The molecule has 0 radical (unpaired) electrons. The summed E-state index contributed by atoms with van der Waals surface area (Å²) in [6.45, 7) is 0. The molecule has 0 aromatic heterocycles. The molecule has 0 saturated heterocycles. The fourth-order valence-electron chi connectivity index (χ4n) is 1.25. The lowest BCUT2D eigenvalue weighted by Crippen LogP contribution is -2.17. The Labute approximate surface area is 107 Å². The predicted molar refractivity (Wildman–Crippen MR) is 60.5 cm³/mol. The van der Waals surface area contributed by atoms with Crippen molar-refractivity contribution in [2.24, 2.45) is 0 Å². The monoisotopic (exact) mass is 276 g/mol. The third-order valence-corrected chi connectivity index (χ3v) is 2.03. The molecule has 7 heteroatoms. The third-order valence-electron chi connectivity index (χ3n) is 2.03. The molecule has 4 nitrogen and oxygen atoms in total. The summed E-state index contributed by atoms with van der Waals surface area (Å²) in [5.74, 6) is -1.21. The van der Waals surface area contributed by atoms with Crippen LogP contribution in [-0.2, 0) is 9.53 Å². The van der Waals surface area contributed by atoms with Gasteiger partial charge in [-0.1, -0.05) is 12.2 Å². The molecule has 0 unspecified atom stereocenters. The Morgan fingerprint density at radius 3 is 2.68 bits per heavy atom. The highest BCUT2D eigenvalue weighted by Crippen LogP contribution is 2.30. The summed E-state index contributed by atoms with van der Waals surface area (Å²) in [6, 6.07) is 3.15. The number of esters is 1. The van der Waals surface area contributed by atoms with Crippen molar-refractivity contribution in [1.29, 1.82) is 0 Å². The van der Waals surface area contributed by atoms with E-state index in [1.807, 2.05) is 0 Å². The maximum Gasteiger partial charge on any atom is 0.573 e. The van der Waals surface area contributed by atoms with Gasteiger partial charge in [-0.25, -0.2) is 0 Å². The summed E-state index contributed by atoms with van der Waals surface area (Å²) in [5, 5.41) is 9.23. The van der Waals surface area contributed by atoms with Gasteiger partial charge < -0.3 is 14.6 Å². The zero-order valence-electron chi connectivity index (χ0n) is 9.90. The molecule has 0 amide bonds. The van der Waals surface area contributed by atoms with Crippen LogP contribution in [0.15, 0.2) is 24.3 Å². The van der Waals surface area contributed by atoms with Gasteiger partial charge in [-0.3, -0.25) is 4.79 Å². The molecule has 0 spiro atoms. The maximum atomic E-state index is 12.1.